The van der Waals surface area contributed by atoms with Gasteiger partial charge in [0.1, 0.15) is 5.70 Å². The molecule has 8 heteroatoms. The first-order valence-corrected chi connectivity index (χ1v) is 10.7. The molecule has 1 heterocycles. The summed E-state index contributed by atoms with van der Waals surface area (Å²) in [4.78, 5) is 11.1. The van der Waals surface area contributed by atoms with Crippen molar-refractivity contribution in [1.29, 1.82) is 0 Å². The second-order valence-electron chi connectivity index (χ2n) is 7.85. The number of rotatable bonds is 9. The van der Waals surface area contributed by atoms with Crippen molar-refractivity contribution < 1.29 is 4.92 Å². The Hall–Kier alpha value is -2.09. The molecule has 1 unspecified atom stereocenters. The predicted octanol–water partition coefficient (Wildman–Crippen LogP) is 2.76. The molecular weight excluding hydrogens is 390 g/mol. The maximum absolute atomic E-state index is 11.4. The number of nitrogens with zero attached hydrogens (tertiary/aromatic N) is 1. The van der Waals surface area contributed by atoms with Crippen molar-refractivity contribution in [2.75, 3.05) is 19.6 Å². The van der Waals surface area contributed by atoms with E-state index < -0.39 is 0 Å². The molecule has 7 nitrogen and oxygen atoms in total. The highest BCUT2D eigenvalue weighted by Gasteiger charge is 2.26. The molecule has 1 fully saturated rings. The van der Waals surface area contributed by atoms with Crippen LogP contribution in [0.15, 0.2) is 47.9 Å². The van der Waals surface area contributed by atoms with Gasteiger partial charge in [0.2, 0.25) is 0 Å². The highest BCUT2D eigenvalue weighted by molar-refractivity contribution is 6.30. The maximum Gasteiger partial charge on any atom is 0.307 e. The minimum absolute atomic E-state index is 0.0773. The van der Waals surface area contributed by atoms with Gasteiger partial charge in [-0.2, -0.15) is 0 Å². The van der Waals surface area contributed by atoms with Crippen LogP contribution in [0.25, 0.3) is 0 Å². The Morgan fingerprint density at radius 2 is 2.00 bits per heavy atom. The van der Waals surface area contributed by atoms with Crippen LogP contribution in [0.2, 0.25) is 5.02 Å². The summed E-state index contributed by atoms with van der Waals surface area (Å²) in [6, 6.07) is 7.78. The van der Waals surface area contributed by atoms with Gasteiger partial charge in [0, 0.05) is 18.1 Å². The smallest absolute Gasteiger partial charge is 0.307 e. The van der Waals surface area contributed by atoms with Crippen molar-refractivity contribution in [2.24, 2.45) is 17.6 Å². The van der Waals surface area contributed by atoms with E-state index in [2.05, 4.69) is 16.0 Å². The lowest BCUT2D eigenvalue weighted by Gasteiger charge is -2.29. The quantitative estimate of drug-likeness (QED) is 0.362. The molecule has 1 aromatic rings. The maximum atomic E-state index is 11.4. The van der Waals surface area contributed by atoms with Gasteiger partial charge in [-0.15, -0.1) is 0 Å². The Bertz CT molecular complexity index is 759. The number of dihydropyridines is 1. The number of benzene rings is 1. The summed E-state index contributed by atoms with van der Waals surface area (Å²) in [5.41, 5.74) is 7.57. The van der Waals surface area contributed by atoms with Crippen LogP contribution in [0, 0.1) is 22.0 Å². The largest absolute Gasteiger partial charge is 0.379 e. The lowest BCUT2D eigenvalue weighted by molar-refractivity contribution is -0.422. The van der Waals surface area contributed by atoms with Crippen molar-refractivity contribution >= 4 is 11.6 Å². The number of hydrogen-bond donors (Lipinski definition) is 4. The molecule has 0 bridgehead atoms. The van der Waals surface area contributed by atoms with E-state index in [1.54, 1.807) is 0 Å². The molecule has 158 valence electrons. The van der Waals surface area contributed by atoms with Crippen LogP contribution < -0.4 is 21.7 Å². The van der Waals surface area contributed by atoms with E-state index in [0.717, 1.165) is 62.3 Å². The summed E-state index contributed by atoms with van der Waals surface area (Å²) in [5.74, 6) is 1.17. The molecule has 1 aliphatic heterocycles. The molecular formula is C21H30ClN5O2. The fourth-order valence-electron chi connectivity index (χ4n) is 3.96. The highest BCUT2D eigenvalue weighted by Crippen LogP contribution is 2.28. The number of nitrogens with one attached hydrogen (secondary N) is 3. The van der Waals surface area contributed by atoms with E-state index in [1.807, 2.05) is 30.3 Å². The van der Waals surface area contributed by atoms with E-state index in [0.29, 0.717) is 17.5 Å². The molecule has 5 N–H and O–H groups in total. The number of halogens is 1. The first kappa shape index (κ1) is 21.6. The SMILES string of the molecule is NCC1CCC(CNC2=CC(NCCc3cccc(Cl)c3)NC=C2[N+](=O)[O-])CC1. The second kappa shape index (κ2) is 10.6. The van der Waals surface area contributed by atoms with E-state index >= 15 is 0 Å². The van der Waals surface area contributed by atoms with Gasteiger partial charge in [0.05, 0.1) is 17.3 Å². The number of hydrogen-bond acceptors (Lipinski definition) is 6. The summed E-state index contributed by atoms with van der Waals surface area (Å²) in [5, 5.41) is 21.9. The van der Waals surface area contributed by atoms with Crippen molar-refractivity contribution in [3.63, 3.8) is 0 Å². The lowest BCUT2D eigenvalue weighted by atomic mass is 9.82. The zero-order valence-electron chi connectivity index (χ0n) is 16.6. The Labute approximate surface area is 176 Å². The van der Waals surface area contributed by atoms with Crippen LogP contribution >= 0.6 is 11.6 Å². The third-order valence-electron chi connectivity index (χ3n) is 5.75. The third kappa shape index (κ3) is 6.45. The summed E-state index contributed by atoms with van der Waals surface area (Å²) < 4.78 is 0. The molecule has 0 aromatic heterocycles. The monoisotopic (exact) mass is 419 g/mol. The molecule has 0 radical (unpaired) electrons. The van der Waals surface area contributed by atoms with Crippen molar-refractivity contribution in [3.05, 3.63) is 68.6 Å². The van der Waals surface area contributed by atoms with E-state index in [-0.39, 0.29) is 16.8 Å². The molecule has 0 saturated heterocycles. The van der Waals surface area contributed by atoms with Crippen LogP contribution in [0.5, 0.6) is 0 Å². The van der Waals surface area contributed by atoms with Gasteiger partial charge < -0.3 is 16.4 Å². The van der Waals surface area contributed by atoms with Gasteiger partial charge in [-0.25, -0.2) is 0 Å². The fourth-order valence-corrected chi connectivity index (χ4v) is 4.17. The van der Waals surface area contributed by atoms with Crippen molar-refractivity contribution in [1.82, 2.24) is 16.0 Å². The van der Waals surface area contributed by atoms with Crippen LogP contribution in [-0.2, 0) is 6.42 Å². The van der Waals surface area contributed by atoms with Crippen molar-refractivity contribution in [3.8, 4) is 0 Å². The minimum atomic E-state index is -0.348. The average Bonchev–Trinajstić information content (AvgIpc) is 2.72. The van der Waals surface area contributed by atoms with Crippen molar-refractivity contribution in [2.45, 2.75) is 38.3 Å². The standard InChI is InChI=1S/C21H30ClN5O2/c22-18-3-1-2-15(10-18)8-9-24-21-11-19(20(14-26-21)27(28)29)25-13-17-6-4-16(12-23)5-7-17/h1-3,10-11,14,16-17,21,24-26H,4-9,12-13,23H2. The van der Waals surface area contributed by atoms with Crippen LogP contribution in [0.4, 0.5) is 0 Å². The molecule has 1 aromatic carbocycles. The lowest BCUT2D eigenvalue weighted by Crippen LogP contribution is -2.43. The fraction of sp³-hybridized carbons (Fsp3) is 0.524. The first-order chi connectivity index (χ1) is 14.0. The molecule has 0 spiro atoms. The van der Waals surface area contributed by atoms with E-state index in [9.17, 15) is 10.1 Å². The van der Waals surface area contributed by atoms with Gasteiger partial charge in [-0.3, -0.25) is 15.4 Å². The van der Waals surface area contributed by atoms with E-state index in [4.69, 9.17) is 17.3 Å². The zero-order valence-corrected chi connectivity index (χ0v) is 17.3. The predicted molar refractivity (Wildman–Crippen MR) is 116 cm³/mol. The Kier molecular flexibility index (Phi) is 7.91. The first-order valence-electron chi connectivity index (χ1n) is 10.3. The second-order valence-corrected chi connectivity index (χ2v) is 8.29. The average molecular weight is 420 g/mol. The van der Waals surface area contributed by atoms with Crippen LogP contribution in [0.3, 0.4) is 0 Å². The van der Waals surface area contributed by atoms with E-state index in [1.165, 1.54) is 6.20 Å². The Morgan fingerprint density at radius 1 is 1.24 bits per heavy atom. The van der Waals surface area contributed by atoms with Crippen LogP contribution in [0.1, 0.15) is 31.2 Å². The Morgan fingerprint density at radius 3 is 2.69 bits per heavy atom. The topological polar surface area (TPSA) is 105 Å². The molecule has 1 atom stereocenters. The third-order valence-corrected chi connectivity index (χ3v) is 5.99. The molecule has 1 saturated carbocycles. The number of nitrogens with two attached hydrogens (primary N) is 1. The molecule has 2 aliphatic rings. The van der Waals surface area contributed by atoms with Gasteiger partial charge in [-0.05, 0) is 74.3 Å². The summed E-state index contributed by atoms with van der Waals surface area (Å²) in [7, 11) is 0. The Balaban J connectivity index is 1.52. The summed E-state index contributed by atoms with van der Waals surface area (Å²) in [6.07, 6.45) is 8.55. The minimum Gasteiger partial charge on any atom is -0.379 e. The molecule has 29 heavy (non-hydrogen) atoms. The zero-order chi connectivity index (χ0) is 20.6. The highest BCUT2D eigenvalue weighted by atomic mass is 35.5. The molecule has 3 rings (SSSR count). The number of nitro groups is 1. The molecule has 1 aliphatic carbocycles. The van der Waals surface area contributed by atoms with Crippen LogP contribution in [-0.4, -0.2) is 30.7 Å². The van der Waals surface area contributed by atoms with Gasteiger partial charge in [-0.1, -0.05) is 23.7 Å². The van der Waals surface area contributed by atoms with Gasteiger partial charge in [0.25, 0.3) is 0 Å². The molecule has 0 amide bonds. The summed E-state index contributed by atoms with van der Waals surface area (Å²) >= 11 is 6.02. The normalized spacial score (nSPS) is 24.3. The van der Waals surface area contributed by atoms with Gasteiger partial charge >= 0.3 is 5.70 Å². The van der Waals surface area contributed by atoms with Gasteiger partial charge in [0.15, 0.2) is 0 Å². The summed E-state index contributed by atoms with van der Waals surface area (Å²) in [6.45, 7) is 2.24.